The van der Waals surface area contributed by atoms with Gasteiger partial charge >= 0.3 is 6.36 Å². The summed E-state index contributed by atoms with van der Waals surface area (Å²) >= 11 is 0. The molecule has 5 N–H and O–H groups in total. The third kappa shape index (κ3) is 6.69. The van der Waals surface area contributed by atoms with E-state index in [1.165, 1.54) is 18.3 Å². The first kappa shape index (κ1) is 25.2. The van der Waals surface area contributed by atoms with Crippen molar-refractivity contribution < 1.29 is 36.2 Å². The van der Waals surface area contributed by atoms with Crippen molar-refractivity contribution in [2.75, 3.05) is 16.8 Å². The highest BCUT2D eigenvalue weighted by Gasteiger charge is 2.31. The second-order valence-corrected chi connectivity index (χ2v) is 6.00. The average molecular weight is 470 g/mol. The number of benzene rings is 2. The van der Waals surface area contributed by atoms with E-state index < -0.39 is 41.1 Å². The number of nitrogens with two attached hydrogens (primary N) is 2. The fourth-order valence-electron chi connectivity index (χ4n) is 2.41. The number of aromatic nitrogens is 1. The number of rotatable bonds is 5. The van der Waals surface area contributed by atoms with Gasteiger partial charge in [0.2, 0.25) is 0 Å². The molecule has 2 aromatic carbocycles. The van der Waals surface area contributed by atoms with Crippen LogP contribution in [0.4, 0.5) is 39.1 Å². The fraction of sp³-hybridized carbons (Fsp3) is 0.143. The molecular weight excluding hydrogens is 451 g/mol. The van der Waals surface area contributed by atoms with Gasteiger partial charge in [0.25, 0.3) is 5.91 Å². The van der Waals surface area contributed by atoms with Crippen molar-refractivity contribution in [3.05, 3.63) is 65.9 Å². The molecule has 1 aromatic heterocycles. The molecule has 0 unspecified atom stereocenters. The number of hydrogen-bond donors (Lipinski definition) is 3. The number of pyridine rings is 1. The first-order valence-electron chi connectivity index (χ1n) is 9.37. The predicted octanol–water partition coefficient (Wildman–Crippen LogP) is 5.49. The summed E-state index contributed by atoms with van der Waals surface area (Å²) in [6, 6.07) is 6.70. The molecule has 0 radical (unpaired) electrons. The molecule has 176 valence electrons. The Bertz CT molecular complexity index is 1140. The SMILES string of the molecule is CC.Nc1nccc(Oc2cc(NC(=O)c3cccc(OC(F)(F)F)c3)c(F)cc2F)c1N. The summed E-state index contributed by atoms with van der Waals surface area (Å²) in [4.78, 5) is 16.1. The van der Waals surface area contributed by atoms with Crippen LogP contribution in [0.5, 0.6) is 17.2 Å². The van der Waals surface area contributed by atoms with E-state index in [-0.39, 0.29) is 22.8 Å². The number of anilines is 3. The van der Waals surface area contributed by atoms with Gasteiger partial charge in [0.05, 0.1) is 5.69 Å². The van der Waals surface area contributed by atoms with Gasteiger partial charge in [0.15, 0.2) is 17.3 Å². The van der Waals surface area contributed by atoms with E-state index in [2.05, 4.69) is 15.0 Å². The third-order valence-corrected chi connectivity index (χ3v) is 3.80. The zero-order valence-corrected chi connectivity index (χ0v) is 17.3. The smallest absolute Gasteiger partial charge is 0.452 e. The Balaban J connectivity index is 0.00000187. The monoisotopic (exact) mass is 470 g/mol. The molecule has 1 amide bonds. The van der Waals surface area contributed by atoms with Gasteiger partial charge < -0.3 is 26.3 Å². The number of halogens is 5. The van der Waals surface area contributed by atoms with Crippen LogP contribution in [-0.4, -0.2) is 17.3 Å². The molecule has 0 aliphatic rings. The number of nitrogens with one attached hydrogen (secondary N) is 1. The number of nitrogens with zero attached hydrogens (tertiary/aromatic N) is 1. The molecule has 0 saturated heterocycles. The van der Waals surface area contributed by atoms with E-state index in [1.807, 2.05) is 13.8 Å². The van der Waals surface area contributed by atoms with Crippen molar-refractivity contribution in [1.82, 2.24) is 4.98 Å². The summed E-state index contributed by atoms with van der Waals surface area (Å²) in [5.41, 5.74) is 10.4. The molecule has 0 aliphatic heterocycles. The topological polar surface area (TPSA) is 112 Å². The van der Waals surface area contributed by atoms with Crippen LogP contribution in [0.3, 0.4) is 0 Å². The van der Waals surface area contributed by atoms with E-state index in [4.69, 9.17) is 16.2 Å². The average Bonchev–Trinajstić information content (AvgIpc) is 2.75. The van der Waals surface area contributed by atoms with Gasteiger partial charge in [-0.15, -0.1) is 13.2 Å². The molecule has 12 heteroatoms. The highest BCUT2D eigenvalue weighted by Crippen LogP contribution is 2.34. The van der Waals surface area contributed by atoms with Gasteiger partial charge in [0, 0.05) is 30.0 Å². The largest absolute Gasteiger partial charge is 0.573 e. The highest BCUT2D eigenvalue weighted by atomic mass is 19.4. The highest BCUT2D eigenvalue weighted by molar-refractivity contribution is 6.04. The lowest BCUT2D eigenvalue weighted by molar-refractivity contribution is -0.274. The molecule has 1 heterocycles. The van der Waals surface area contributed by atoms with Crippen molar-refractivity contribution in [1.29, 1.82) is 0 Å². The summed E-state index contributed by atoms with van der Waals surface area (Å²) in [5.74, 6) is -4.51. The molecule has 0 saturated carbocycles. The molecule has 0 bridgehead atoms. The van der Waals surface area contributed by atoms with E-state index >= 15 is 0 Å². The molecule has 3 aromatic rings. The van der Waals surface area contributed by atoms with Gasteiger partial charge in [0.1, 0.15) is 23.1 Å². The summed E-state index contributed by atoms with van der Waals surface area (Å²) in [6.07, 6.45) is -3.70. The molecular formula is C21H19F5N4O3. The first-order chi connectivity index (χ1) is 15.5. The predicted molar refractivity (Wildman–Crippen MR) is 112 cm³/mol. The van der Waals surface area contributed by atoms with Crippen LogP contribution in [-0.2, 0) is 0 Å². The fourth-order valence-corrected chi connectivity index (χ4v) is 2.41. The second-order valence-electron chi connectivity index (χ2n) is 6.00. The number of ether oxygens (including phenoxy) is 2. The molecule has 7 nitrogen and oxygen atoms in total. The standard InChI is InChI=1S/C19H13F5N4O3.C2H6/c20-11-7-12(21)15(30-14-4-5-27-17(26)16(14)25)8-13(11)28-18(29)9-2-1-3-10(6-9)31-19(22,23)24;1-2/h1-8H,25H2,(H2,26,27)(H,28,29);1-2H3. The summed E-state index contributed by atoms with van der Waals surface area (Å²) < 4.78 is 74.4. The van der Waals surface area contributed by atoms with E-state index in [9.17, 15) is 26.7 Å². The van der Waals surface area contributed by atoms with E-state index in [0.29, 0.717) is 6.07 Å². The maximum Gasteiger partial charge on any atom is 0.573 e. The van der Waals surface area contributed by atoms with E-state index in [0.717, 1.165) is 24.3 Å². The minimum Gasteiger partial charge on any atom is -0.452 e. The van der Waals surface area contributed by atoms with Gasteiger partial charge in [-0.1, -0.05) is 19.9 Å². The number of alkyl halides is 3. The van der Waals surface area contributed by atoms with Crippen LogP contribution in [0.1, 0.15) is 24.2 Å². The summed E-state index contributed by atoms with van der Waals surface area (Å²) in [7, 11) is 0. The maximum atomic E-state index is 14.2. The molecule has 0 fully saturated rings. The van der Waals surface area contributed by atoms with Crippen molar-refractivity contribution in [2.24, 2.45) is 0 Å². The van der Waals surface area contributed by atoms with Crippen molar-refractivity contribution in [3.8, 4) is 17.2 Å². The minimum absolute atomic E-state index is 0.0627. The van der Waals surface area contributed by atoms with Crippen LogP contribution >= 0.6 is 0 Å². The quantitative estimate of drug-likeness (QED) is 0.425. The van der Waals surface area contributed by atoms with Gasteiger partial charge in [-0.2, -0.15) is 0 Å². The normalized spacial score (nSPS) is 10.6. The lowest BCUT2D eigenvalue weighted by Gasteiger charge is -2.13. The molecule has 33 heavy (non-hydrogen) atoms. The van der Waals surface area contributed by atoms with Crippen LogP contribution in [0.25, 0.3) is 0 Å². The zero-order chi connectivity index (χ0) is 24.8. The Labute approximate surface area is 185 Å². The Hall–Kier alpha value is -4.09. The molecule has 0 aliphatic carbocycles. The van der Waals surface area contributed by atoms with Crippen molar-refractivity contribution in [2.45, 2.75) is 20.2 Å². The van der Waals surface area contributed by atoms with Gasteiger partial charge in [-0.25, -0.2) is 13.8 Å². The zero-order valence-electron chi connectivity index (χ0n) is 17.3. The number of carbonyl (C=O) groups excluding carboxylic acids is 1. The number of hydrogen-bond acceptors (Lipinski definition) is 6. The molecule has 3 rings (SSSR count). The van der Waals surface area contributed by atoms with Crippen LogP contribution in [0.2, 0.25) is 0 Å². The number of carbonyl (C=O) groups is 1. The Morgan fingerprint density at radius 1 is 1.00 bits per heavy atom. The first-order valence-corrected chi connectivity index (χ1v) is 9.37. The molecule has 0 atom stereocenters. The van der Waals surface area contributed by atoms with Crippen molar-refractivity contribution in [3.63, 3.8) is 0 Å². The summed E-state index contributed by atoms with van der Waals surface area (Å²) in [6.45, 7) is 4.00. The van der Waals surface area contributed by atoms with Crippen LogP contribution < -0.4 is 26.3 Å². The number of amides is 1. The van der Waals surface area contributed by atoms with E-state index in [1.54, 1.807) is 0 Å². The summed E-state index contributed by atoms with van der Waals surface area (Å²) in [5, 5.41) is 2.13. The van der Waals surface area contributed by atoms with Crippen LogP contribution in [0.15, 0.2) is 48.7 Å². The van der Waals surface area contributed by atoms with Crippen molar-refractivity contribution >= 4 is 23.1 Å². The van der Waals surface area contributed by atoms with Gasteiger partial charge in [-0.05, 0) is 18.2 Å². The molecule has 0 spiro atoms. The lowest BCUT2D eigenvalue weighted by atomic mass is 10.2. The lowest BCUT2D eigenvalue weighted by Crippen LogP contribution is -2.18. The minimum atomic E-state index is -4.96. The van der Waals surface area contributed by atoms with Crippen LogP contribution in [0, 0.1) is 11.6 Å². The Morgan fingerprint density at radius 3 is 2.36 bits per heavy atom. The second kappa shape index (κ2) is 10.5. The Morgan fingerprint density at radius 2 is 1.70 bits per heavy atom. The maximum absolute atomic E-state index is 14.2. The third-order valence-electron chi connectivity index (χ3n) is 3.80. The number of nitrogen functional groups attached to an aromatic ring is 2. The van der Waals surface area contributed by atoms with Gasteiger partial charge in [-0.3, -0.25) is 4.79 Å². The Kier molecular flexibility index (Phi) is 8.00.